The molecule has 1 aliphatic rings. The Bertz CT molecular complexity index is 1400. The second-order valence-electron chi connectivity index (χ2n) is 8.16. The lowest BCUT2D eigenvalue weighted by molar-refractivity contribution is 0.238. The number of nitrogen functional groups attached to an aromatic ring is 1. The van der Waals surface area contributed by atoms with Crippen LogP contribution in [0.5, 0.6) is 5.75 Å². The van der Waals surface area contributed by atoms with E-state index < -0.39 is 5.69 Å². The predicted molar refractivity (Wildman–Crippen MR) is 138 cm³/mol. The summed E-state index contributed by atoms with van der Waals surface area (Å²) in [6, 6.07) is 12.4. The summed E-state index contributed by atoms with van der Waals surface area (Å²) in [5.74, 6) is 1.17. The van der Waals surface area contributed by atoms with E-state index in [1.165, 1.54) is 19.0 Å². The number of para-hydroxylation sites is 1. The first kappa shape index (κ1) is 23.3. The minimum Gasteiger partial charge on any atom is -0.492 e. The van der Waals surface area contributed by atoms with Gasteiger partial charge in [-0.15, -0.1) is 0 Å². The van der Waals surface area contributed by atoms with Crippen LogP contribution in [0.15, 0.2) is 53.5 Å². The SMILES string of the molecule is Nc1c2cnc(Nc3ccc(OCCN4CCCC4)cc3)nc2nc(=O)n1-c1c(Cl)cccc1Cl. The number of likely N-dealkylation sites (tertiary alicyclic amines) is 1. The molecule has 3 N–H and O–H groups in total. The number of nitrogens with one attached hydrogen (secondary N) is 1. The first-order valence-corrected chi connectivity index (χ1v) is 12.0. The average molecular weight is 512 g/mol. The Morgan fingerprint density at radius 3 is 2.46 bits per heavy atom. The number of nitrogens with zero attached hydrogens (tertiary/aromatic N) is 5. The third kappa shape index (κ3) is 5.02. The van der Waals surface area contributed by atoms with E-state index in [1.54, 1.807) is 18.2 Å². The van der Waals surface area contributed by atoms with Gasteiger partial charge in [-0.25, -0.2) is 14.3 Å². The van der Waals surface area contributed by atoms with Crippen molar-refractivity contribution in [3.63, 3.8) is 0 Å². The maximum Gasteiger partial charge on any atom is 0.355 e. The number of ether oxygens (including phenoxy) is 1. The summed E-state index contributed by atoms with van der Waals surface area (Å²) in [6.45, 7) is 3.90. The molecule has 0 amide bonds. The van der Waals surface area contributed by atoms with Gasteiger partial charge in [-0.3, -0.25) is 4.90 Å². The van der Waals surface area contributed by atoms with Crippen LogP contribution < -0.4 is 21.5 Å². The molecule has 1 fully saturated rings. The summed E-state index contributed by atoms with van der Waals surface area (Å²) in [5, 5.41) is 4.05. The molecule has 2 aromatic carbocycles. The number of hydrogen-bond donors (Lipinski definition) is 2. The second kappa shape index (κ2) is 10.1. The fourth-order valence-electron chi connectivity index (χ4n) is 4.04. The van der Waals surface area contributed by atoms with Gasteiger partial charge in [0.05, 0.1) is 21.1 Å². The molecule has 1 aliphatic heterocycles. The van der Waals surface area contributed by atoms with Gasteiger partial charge < -0.3 is 15.8 Å². The van der Waals surface area contributed by atoms with Gasteiger partial charge in [0.15, 0.2) is 5.65 Å². The molecule has 11 heteroatoms. The van der Waals surface area contributed by atoms with Crippen molar-refractivity contribution >= 4 is 51.7 Å². The molecular formula is C24H23Cl2N7O2. The largest absolute Gasteiger partial charge is 0.492 e. The van der Waals surface area contributed by atoms with Gasteiger partial charge >= 0.3 is 5.69 Å². The Kier molecular flexibility index (Phi) is 6.72. The van der Waals surface area contributed by atoms with Crippen LogP contribution in [0.25, 0.3) is 16.7 Å². The molecule has 0 spiro atoms. The van der Waals surface area contributed by atoms with E-state index in [1.807, 2.05) is 24.3 Å². The highest BCUT2D eigenvalue weighted by atomic mass is 35.5. The molecule has 0 atom stereocenters. The molecule has 5 rings (SSSR count). The highest BCUT2D eigenvalue weighted by molar-refractivity contribution is 6.37. The monoisotopic (exact) mass is 511 g/mol. The van der Waals surface area contributed by atoms with E-state index in [0.29, 0.717) is 12.0 Å². The number of hydrogen-bond acceptors (Lipinski definition) is 8. The van der Waals surface area contributed by atoms with Crippen LogP contribution in [-0.4, -0.2) is 50.7 Å². The molecule has 0 aliphatic carbocycles. The molecule has 0 saturated carbocycles. The number of anilines is 3. The third-order valence-electron chi connectivity index (χ3n) is 5.82. The zero-order chi connectivity index (χ0) is 24.4. The van der Waals surface area contributed by atoms with Crippen LogP contribution >= 0.6 is 23.2 Å². The average Bonchev–Trinajstić information content (AvgIpc) is 3.35. The normalized spacial score (nSPS) is 13.9. The molecule has 4 aromatic rings. The number of aromatic nitrogens is 4. The van der Waals surface area contributed by atoms with E-state index in [2.05, 4.69) is 25.2 Å². The summed E-state index contributed by atoms with van der Waals surface area (Å²) in [7, 11) is 0. The molecule has 0 unspecified atom stereocenters. The van der Waals surface area contributed by atoms with Crippen LogP contribution in [0.2, 0.25) is 10.0 Å². The fraction of sp³-hybridized carbons (Fsp3) is 0.250. The second-order valence-corrected chi connectivity index (χ2v) is 8.98. The molecule has 0 radical (unpaired) electrons. The summed E-state index contributed by atoms with van der Waals surface area (Å²) < 4.78 is 7.00. The maximum atomic E-state index is 12.8. The van der Waals surface area contributed by atoms with E-state index in [4.69, 9.17) is 33.7 Å². The highest BCUT2D eigenvalue weighted by Gasteiger charge is 2.17. The van der Waals surface area contributed by atoms with Crippen LogP contribution in [0.3, 0.4) is 0 Å². The van der Waals surface area contributed by atoms with Crippen molar-refractivity contribution in [3.8, 4) is 11.4 Å². The van der Waals surface area contributed by atoms with Crippen molar-refractivity contribution in [1.82, 2.24) is 24.4 Å². The predicted octanol–water partition coefficient (Wildman–Crippen LogP) is 4.28. The van der Waals surface area contributed by atoms with Crippen molar-refractivity contribution < 1.29 is 4.74 Å². The summed E-state index contributed by atoms with van der Waals surface area (Å²) in [5.41, 5.74) is 6.81. The van der Waals surface area contributed by atoms with Gasteiger partial charge in [0, 0.05) is 18.4 Å². The Hall–Kier alpha value is -3.40. The number of halogens is 2. The van der Waals surface area contributed by atoms with Gasteiger partial charge in [0.2, 0.25) is 5.95 Å². The topological polar surface area (TPSA) is 111 Å². The lowest BCUT2D eigenvalue weighted by Gasteiger charge is -2.15. The lowest BCUT2D eigenvalue weighted by Crippen LogP contribution is -2.25. The fourth-order valence-corrected chi connectivity index (χ4v) is 4.61. The molecule has 9 nitrogen and oxygen atoms in total. The highest BCUT2D eigenvalue weighted by Crippen LogP contribution is 2.30. The zero-order valence-corrected chi connectivity index (χ0v) is 20.3. The summed E-state index contributed by atoms with van der Waals surface area (Å²) in [4.78, 5) is 28.0. The summed E-state index contributed by atoms with van der Waals surface area (Å²) >= 11 is 12.5. The van der Waals surface area contributed by atoms with Crippen molar-refractivity contribution in [2.45, 2.75) is 12.8 Å². The third-order valence-corrected chi connectivity index (χ3v) is 6.43. The first-order chi connectivity index (χ1) is 17.0. The maximum absolute atomic E-state index is 12.8. The van der Waals surface area contributed by atoms with E-state index in [9.17, 15) is 4.79 Å². The molecule has 0 bridgehead atoms. The molecule has 1 saturated heterocycles. The van der Waals surface area contributed by atoms with E-state index >= 15 is 0 Å². The van der Waals surface area contributed by atoms with E-state index in [0.717, 1.165) is 35.6 Å². The number of benzene rings is 2. The molecule has 180 valence electrons. The van der Waals surface area contributed by atoms with Crippen molar-refractivity contribution in [3.05, 3.63) is 69.2 Å². The van der Waals surface area contributed by atoms with Gasteiger partial charge in [0.1, 0.15) is 18.2 Å². The molecular weight excluding hydrogens is 489 g/mol. The Balaban J connectivity index is 1.33. The first-order valence-electron chi connectivity index (χ1n) is 11.2. The van der Waals surface area contributed by atoms with Crippen LogP contribution in [0.1, 0.15) is 12.8 Å². The van der Waals surface area contributed by atoms with Crippen LogP contribution in [0.4, 0.5) is 17.5 Å². The van der Waals surface area contributed by atoms with Crippen molar-refractivity contribution in [1.29, 1.82) is 0 Å². The van der Waals surface area contributed by atoms with Crippen molar-refractivity contribution in [2.75, 3.05) is 37.3 Å². The van der Waals surface area contributed by atoms with Crippen molar-refractivity contribution in [2.24, 2.45) is 0 Å². The van der Waals surface area contributed by atoms with Gasteiger partial charge in [-0.05, 0) is 62.3 Å². The Morgan fingerprint density at radius 2 is 1.74 bits per heavy atom. The van der Waals surface area contributed by atoms with Gasteiger partial charge in [-0.2, -0.15) is 9.97 Å². The van der Waals surface area contributed by atoms with Crippen LogP contribution in [-0.2, 0) is 0 Å². The molecule has 2 aromatic heterocycles. The number of rotatable bonds is 7. The molecule has 3 heterocycles. The zero-order valence-electron chi connectivity index (χ0n) is 18.7. The Labute approximate surface area is 211 Å². The van der Waals surface area contributed by atoms with Crippen LogP contribution in [0, 0.1) is 0 Å². The number of fused-ring (bicyclic) bond motifs is 1. The minimum atomic E-state index is -0.648. The van der Waals surface area contributed by atoms with Gasteiger partial charge in [0.25, 0.3) is 0 Å². The lowest BCUT2D eigenvalue weighted by atomic mass is 10.3. The number of nitrogens with two attached hydrogens (primary N) is 1. The minimum absolute atomic E-state index is 0.0944. The standard InChI is InChI=1S/C24H23Cl2N7O2/c25-18-4-3-5-19(26)20(18)33-21(27)17-14-28-23(30-22(17)31-24(33)34)29-15-6-8-16(9-7-15)35-13-12-32-10-1-2-11-32/h3-9,14H,1-2,10-13,27H2,(H,29,30,31,34). The molecule has 35 heavy (non-hydrogen) atoms. The quantitative estimate of drug-likeness (QED) is 0.378. The Morgan fingerprint density at radius 1 is 1.03 bits per heavy atom. The smallest absolute Gasteiger partial charge is 0.355 e. The van der Waals surface area contributed by atoms with Gasteiger partial charge in [-0.1, -0.05) is 29.3 Å². The van der Waals surface area contributed by atoms with E-state index in [-0.39, 0.29) is 33.1 Å². The summed E-state index contributed by atoms with van der Waals surface area (Å²) in [6.07, 6.45) is 4.04.